The van der Waals surface area contributed by atoms with Crippen molar-refractivity contribution in [1.82, 2.24) is 10.5 Å². The Morgan fingerprint density at radius 1 is 1.38 bits per heavy atom. The summed E-state index contributed by atoms with van der Waals surface area (Å²) in [6.07, 6.45) is -0.225. The van der Waals surface area contributed by atoms with Crippen molar-refractivity contribution in [3.05, 3.63) is 47.6 Å². The van der Waals surface area contributed by atoms with E-state index in [9.17, 15) is 14.0 Å². The van der Waals surface area contributed by atoms with E-state index in [1.807, 2.05) is 13.8 Å². The van der Waals surface area contributed by atoms with Crippen LogP contribution in [0.5, 0.6) is 5.75 Å². The molecule has 0 saturated heterocycles. The number of ether oxygens (including phenoxy) is 1. The minimum atomic E-state index is -1.01. The van der Waals surface area contributed by atoms with E-state index in [1.165, 1.54) is 18.2 Å². The van der Waals surface area contributed by atoms with E-state index in [1.54, 1.807) is 19.1 Å². The molecule has 140 valence electrons. The highest BCUT2D eigenvalue weighted by Gasteiger charge is 2.33. The van der Waals surface area contributed by atoms with Crippen LogP contribution in [0.2, 0.25) is 0 Å². The molecule has 7 nitrogen and oxygen atoms in total. The molecule has 26 heavy (non-hydrogen) atoms. The van der Waals surface area contributed by atoms with Gasteiger partial charge in [-0.15, -0.1) is 0 Å². The molecule has 0 aliphatic carbocycles. The number of carbonyl (C=O) groups excluding carboxylic acids is 1. The van der Waals surface area contributed by atoms with Gasteiger partial charge in [0.05, 0.1) is 12.0 Å². The third-order valence-corrected chi connectivity index (χ3v) is 4.19. The van der Waals surface area contributed by atoms with Crippen LogP contribution in [0, 0.1) is 11.7 Å². The molecule has 2 rings (SSSR count). The van der Waals surface area contributed by atoms with Gasteiger partial charge in [-0.2, -0.15) is 0 Å². The van der Waals surface area contributed by atoms with E-state index >= 15 is 0 Å². The molecule has 1 heterocycles. The van der Waals surface area contributed by atoms with Crippen molar-refractivity contribution in [2.24, 2.45) is 5.92 Å². The first-order chi connectivity index (χ1) is 12.2. The van der Waals surface area contributed by atoms with Crippen molar-refractivity contribution < 1.29 is 28.3 Å². The Balaban J connectivity index is 2.03. The fraction of sp³-hybridized carbons (Fsp3) is 0.389. The number of halogens is 1. The molecule has 0 spiro atoms. The summed E-state index contributed by atoms with van der Waals surface area (Å²) in [4.78, 5) is 23.4. The number of aromatic nitrogens is 1. The number of carbonyl (C=O) groups is 2. The van der Waals surface area contributed by atoms with Gasteiger partial charge in [0.25, 0.3) is 5.91 Å². The van der Waals surface area contributed by atoms with Gasteiger partial charge in [0.15, 0.2) is 23.0 Å². The van der Waals surface area contributed by atoms with Gasteiger partial charge >= 0.3 is 5.97 Å². The molecule has 1 unspecified atom stereocenters. The molecule has 0 radical (unpaired) electrons. The van der Waals surface area contributed by atoms with Crippen LogP contribution >= 0.6 is 0 Å². The number of benzene rings is 1. The number of nitrogens with one attached hydrogen (secondary N) is 1. The maximum absolute atomic E-state index is 13.5. The number of amides is 1. The number of hydrogen-bond acceptors (Lipinski definition) is 5. The summed E-state index contributed by atoms with van der Waals surface area (Å²) in [6.45, 7) is 5.20. The standard InChI is InChI=1S/C18H21FN2O5/c1-11(2)18(3,9-16(22)23)20-17(24)14-8-12(26-21-14)10-25-15-7-5-4-6-13(15)19/h4-8,11H,9-10H2,1-3H3,(H,20,24)(H,22,23). The maximum Gasteiger partial charge on any atom is 0.305 e. The summed E-state index contributed by atoms with van der Waals surface area (Å²) in [5, 5.41) is 15.4. The van der Waals surface area contributed by atoms with E-state index in [4.69, 9.17) is 14.4 Å². The Labute approximate surface area is 150 Å². The van der Waals surface area contributed by atoms with Crippen molar-refractivity contribution in [2.45, 2.75) is 39.3 Å². The van der Waals surface area contributed by atoms with Crippen LogP contribution in [0.3, 0.4) is 0 Å². The number of hydrogen-bond donors (Lipinski definition) is 2. The van der Waals surface area contributed by atoms with Crippen molar-refractivity contribution in [2.75, 3.05) is 0 Å². The molecule has 2 N–H and O–H groups in total. The smallest absolute Gasteiger partial charge is 0.305 e. The largest absolute Gasteiger partial charge is 0.482 e. The van der Waals surface area contributed by atoms with Gasteiger partial charge in [-0.1, -0.05) is 31.1 Å². The zero-order valence-electron chi connectivity index (χ0n) is 14.8. The summed E-state index contributed by atoms with van der Waals surface area (Å²) in [5.41, 5.74) is -0.944. The minimum Gasteiger partial charge on any atom is -0.482 e. The molecule has 1 aromatic carbocycles. The second kappa shape index (κ2) is 7.99. The van der Waals surface area contributed by atoms with Gasteiger partial charge in [-0.05, 0) is 25.0 Å². The first-order valence-corrected chi connectivity index (χ1v) is 8.08. The molecule has 0 bridgehead atoms. The molecule has 2 aromatic rings. The van der Waals surface area contributed by atoms with Crippen molar-refractivity contribution >= 4 is 11.9 Å². The SMILES string of the molecule is CC(C)C(C)(CC(=O)O)NC(=O)c1cc(COc2ccccc2F)on1. The highest BCUT2D eigenvalue weighted by Crippen LogP contribution is 2.22. The van der Waals surface area contributed by atoms with Gasteiger partial charge < -0.3 is 19.7 Å². The number of nitrogens with zero attached hydrogens (tertiary/aromatic N) is 1. The zero-order chi connectivity index (χ0) is 19.3. The fourth-order valence-corrected chi connectivity index (χ4v) is 2.23. The minimum absolute atomic E-state index is 0.00519. The molecule has 8 heteroatoms. The second-order valence-corrected chi connectivity index (χ2v) is 6.49. The Kier molecular flexibility index (Phi) is 5.97. The topological polar surface area (TPSA) is 102 Å². The summed E-state index contributed by atoms with van der Waals surface area (Å²) >= 11 is 0. The molecule has 0 aliphatic heterocycles. The molecule has 1 aromatic heterocycles. The predicted octanol–water partition coefficient (Wildman–Crippen LogP) is 3.01. The van der Waals surface area contributed by atoms with Gasteiger partial charge in [-0.3, -0.25) is 9.59 Å². The fourth-order valence-electron chi connectivity index (χ4n) is 2.23. The molecule has 0 aliphatic rings. The quantitative estimate of drug-likeness (QED) is 0.747. The van der Waals surface area contributed by atoms with Crippen LogP contribution in [-0.2, 0) is 11.4 Å². The first kappa shape index (κ1) is 19.4. The number of carboxylic acids is 1. The van der Waals surface area contributed by atoms with Gasteiger partial charge in [0.2, 0.25) is 0 Å². The van der Waals surface area contributed by atoms with Crippen LogP contribution < -0.4 is 10.1 Å². The first-order valence-electron chi connectivity index (χ1n) is 8.08. The van der Waals surface area contributed by atoms with Crippen molar-refractivity contribution in [1.29, 1.82) is 0 Å². The number of para-hydroxylation sites is 1. The zero-order valence-corrected chi connectivity index (χ0v) is 14.8. The predicted molar refractivity (Wildman–Crippen MR) is 90.2 cm³/mol. The summed E-state index contributed by atoms with van der Waals surface area (Å²) in [6, 6.07) is 7.29. The van der Waals surface area contributed by atoms with E-state index in [-0.39, 0.29) is 36.1 Å². The lowest BCUT2D eigenvalue weighted by Crippen LogP contribution is -2.51. The number of aliphatic carboxylic acids is 1. The molecule has 0 saturated carbocycles. The number of carboxylic acid groups (broad SMARTS) is 1. The summed E-state index contributed by atoms with van der Waals surface area (Å²) < 4.78 is 23.8. The van der Waals surface area contributed by atoms with Gasteiger partial charge in [0, 0.05) is 6.07 Å². The molecule has 1 atom stereocenters. The monoisotopic (exact) mass is 364 g/mol. The van der Waals surface area contributed by atoms with Crippen LogP contribution in [-0.4, -0.2) is 27.7 Å². The van der Waals surface area contributed by atoms with Gasteiger partial charge in [0.1, 0.15) is 6.61 Å². The second-order valence-electron chi connectivity index (χ2n) is 6.49. The van der Waals surface area contributed by atoms with Gasteiger partial charge in [-0.25, -0.2) is 4.39 Å². The third kappa shape index (κ3) is 4.81. The van der Waals surface area contributed by atoms with Crippen LogP contribution in [0.4, 0.5) is 4.39 Å². The number of rotatable bonds is 8. The molecular weight excluding hydrogens is 343 g/mol. The van der Waals surface area contributed by atoms with Crippen LogP contribution in [0.25, 0.3) is 0 Å². The molecule has 0 fully saturated rings. The summed E-state index contributed by atoms with van der Waals surface area (Å²) in [5.74, 6) is -1.89. The van der Waals surface area contributed by atoms with E-state index in [0.29, 0.717) is 0 Å². The lowest BCUT2D eigenvalue weighted by molar-refractivity contribution is -0.138. The van der Waals surface area contributed by atoms with Crippen molar-refractivity contribution in [3.63, 3.8) is 0 Å². The maximum atomic E-state index is 13.5. The average molecular weight is 364 g/mol. The highest BCUT2D eigenvalue weighted by molar-refractivity contribution is 5.93. The average Bonchev–Trinajstić information content (AvgIpc) is 3.02. The lowest BCUT2D eigenvalue weighted by atomic mass is 9.85. The normalized spacial score (nSPS) is 13.3. The van der Waals surface area contributed by atoms with E-state index in [2.05, 4.69) is 10.5 Å². The Hall–Kier alpha value is -2.90. The summed E-state index contributed by atoms with van der Waals surface area (Å²) in [7, 11) is 0. The highest BCUT2D eigenvalue weighted by atomic mass is 19.1. The molecule has 1 amide bonds. The molecular formula is C18H21FN2O5. The Morgan fingerprint density at radius 3 is 2.69 bits per heavy atom. The Bertz CT molecular complexity index is 789. The lowest BCUT2D eigenvalue weighted by Gasteiger charge is -2.33. The van der Waals surface area contributed by atoms with E-state index in [0.717, 1.165) is 0 Å². The Morgan fingerprint density at radius 2 is 2.08 bits per heavy atom. The third-order valence-electron chi connectivity index (χ3n) is 4.19. The van der Waals surface area contributed by atoms with Crippen LogP contribution in [0.15, 0.2) is 34.9 Å². The van der Waals surface area contributed by atoms with E-state index < -0.39 is 23.2 Å². The van der Waals surface area contributed by atoms with Crippen LogP contribution in [0.1, 0.15) is 43.4 Å². The van der Waals surface area contributed by atoms with Crippen molar-refractivity contribution in [3.8, 4) is 5.75 Å².